The van der Waals surface area contributed by atoms with Gasteiger partial charge in [0.2, 0.25) is 0 Å². The van der Waals surface area contributed by atoms with Crippen LogP contribution in [0.2, 0.25) is 0 Å². The lowest BCUT2D eigenvalue weighted by Gasteiger charge is -2.14. The van der Waals surface area contributed by atoms with Crippen molar-refractivity contribution in [1.82, 2.24) is 9.13 Å². The first-order chi connectivity index (χ1) is 8.64. The van der Waals surface area contributed by atoms with Gasteiger partial charge in [0.05, 0.1) is 0 Å². The second-order valence-corrected chi connectivity index (χ2v) is 4.98. The van der Waals surface area contributed by atoms with Gasteiger partial charge in [-0.05, 0) is 0 Å². The zero-order chi connectivity index (χ0) is 14.8. The maximum Gasteiger partial charge on any atom is 0.415 e. The summed E-state index contributed by atoms with van der Waals surface area (Å²) in [6.07, 6.45) is -7.08. The Morgan fingerprint density at radius 3 is 2.42 bits per heavy atom. The summed E-state index contributed by atoms with van der Waals surface area (Å²) in [4.78, 5) is 22.9. The quantitative estimate of drug-likeness (QED) is 0.865. The third kappa shape index (κ3) is 3.87. The molecular weight excluding hydrogens is 285 g/mol. The van der Waals surface area contributed by atoms with E-state index in [2.05, 4.69) is 0 Å². The second kappa shape index (κ2) is 5.83. The molecule has 108 valence electrons. The number of aliphatic hydroxyl groups excluding tert-OH is 1. The molecule has 0 unspecified atom stereocenters. The fourth-order valence-corrected chi connectivity index (χ4v) is 2.30. The molecule has 19 heavy (non-hydrogen) atoms. The molecule has 0 aliphatic heterocycles. The summed E-state index contributed by atoms with van der Waals surface area (Å²) in [6.45, 7) is 0. The third-order valence-electron chi connectivity index (χ3n) is 2.53. The van der Waals surface area contributed by atoms with Crippen LogP contribution in [0.3, 0.4) is 0 Å². The van der Waals surface area contributed by atoms with E-state index < -0.39 is 29.3 Å². The molecule has 0 bridgehead atoms. The summed E-state index contributed by atoms with van der Waals surface area (Å²) in [5, 5.41) is 8.81. The fraction of sp³-hybridized carbons (Fsp3) is 0.600. The molecule has 1 heterocycles. The molecule has 0 saturated carbocycles. The monoisotopic (exact) mass is 298 g/mol. The van der Waals surface area contributed by atoms with Crippen molar-refractivity contribution in [2.24, 2.45) is 14.1 Å². The van der Waals surface area contributed by atoms with Gasteiger partial charge in [-0.2, -0.15) is 24.9 Å². The minimum Gasteiger partial charge on any atom is -0.383 e. The van der Waals surface area contributed by atoms with Crippen molar-refractivity contribution < 1.29 is 18.3 Å². The lowest BCUT2D eigenvalue weighted by Crippen LogP contribution is -2.38. The van der Waals surface area contributed by atoms with Gasteiger partial charge in [-0.15, -0.1) is 0 Å². The van der Waals surface area contributed by atoms with Gasteiger partial charge in [-0.1, -0.05) is 0 Å². The first-order valence-electron chi connectivity index (χ1n) is 5.23. The Labute approximate surface area is 110 Å². The highest BCUT2D eigenvalue weighted by atomic mass is 32.2. The van der Waals surface area contributed by atoms with E-state index in [1.165, 1.54) is 24.7 Å². The first-order valence-corrected chi connectivity index (χ1v) is 6.38. The maximum atomic E-state index is 12.1. The number of aliphatic hydroxyl groups is 1. The minimum absolute atomic E-state index is 0.0367. The first kappa shape index (κ1) is 15.8. The van der Waals surface area contributed by atoms with Crippen molar-refractivity contribution in [1.29, 1.82) is 0 Å². The summed E-state index contributed by atoms with van der Waals surface area (Å²) in [6, 6.07) is 1.19. The predicted octanol–water partition coefficient (Wildman–Crippen LogP) is 0.240. The average Bonchev–Trinajstić information content (AvgIpc) is 2.31. The van der Waals surface area contributed by atoms with Crippen LogP contribution >= 0.6 is 11.8 Å². The number of hydrogen-bond donors (Lipinski definition) is 1. The van der Waals surface area contributed by atoms with E-state index in [4.69, 9.17) is 5.11 Å². The number of halogens is 3. The van der Waals surface area contributed by atoms with Crippen LogP contribution < -0.4 is 11.2 Å². The molecule has 1 aromatic rings. The van der Waals surface area contributed by atoms with Crippen LogP contribution in [0.5, 0.6) is 0 Å². The highest BCUT2D eigenvalue weighted by Gasteiger charge is 2.37. The Kier molecular flexibility index (Phi) is 4.86. The van der Waals surface area contributed by atoms with Gasteiger partial charge in [0, 0.05) is 37.4 Å². The molecule has 0 fully saturated rings. The Bertz CT molecular complexity index is 565. The topological polar surface area (TPSA) is 64.2 Å². The third-order valence-corrected chi connectivity index (χ3v) is 3.58. The van der Waals surface area contributed by atoms with Crippen LogP contribution in [0.1, 0.15) is 5.69 Å². The van der Waals surface area contributed by atoms with Crippen molar-refractivity contribution in [2.75, 3.05) is 5.75 Å². The molecule has 0 saturated heterocycles. The predicted molar refractivity (Wildman–Crippen MR) is 65.1 cm³/mol. The van der Waals surface area contributed by atoms with Crippen molar-refractivity contribution in [3.8, 4) is 0 Å². The van der Waals surface area contributed by atoms with Crippen molar-refractivity contribution >= 4 is 11.8 Å². The molecule has 9 heteroatoms. The standard InChI is InChI=1S/C10H13F3N2O3S/c1-14-6(3-8(17)15(2)9(14)18)4-19-5-7(16)10(11,12)13/h3,7,16H,4-5H2,1-2H3/t7-/m1/s1. The zero-order valence-electron chi connectivity index (χ0n) is 10.3. The number of thioether (sulfide) groups is 1. The largest absolute Gasteiger partial charge is 0.415 e. The molecule has 0 aliphatic rings. The summed E-state index contributed by atoms with van der Waals surface area (Å²) >= 11 is 0.801. The Balaban J connectivity index is 2.75. The lowest BCUT2D eigenvalue weighted by atomic mass is 10.4. The highest BCUT2D eigenvalue weighted by Crippen LogP contribution is 2.23. The normalized spacial score (nSPS) is 13.6. The lowest BCUT2D eigenvalue weighted by molar-refractivity contribution is -0.195. The Hall–Kier alpha value is -1.22. The smallest absolute Gasteiger partial charge is 0.383 e. The number of aromatic nitrogens is 2. The van der Waals surface area contributed by atoms with E-state index in [0.29, 0.717) is 5.69 Å². The number of hydrogen-bond acceptors (Lipinski definition) is 4. The number of rotatable bonds is 4. The minimum atomic E-state index is -4.66. The fourth-order valence-electron chi connectivity index (χ4n) is 1.29. The zero-order valence-corrected chi connectivity index (χ0v) is 11.1. The molecule has 1 N–H and O–H groups in total. The number of alkyl halides is 3. The van der Waals surface area contributed by atoms with Gasteiger partial charge in [-0.25, -0.2) is 4.79 Å². The number of nitrogens with zero attached hydrogens (tertiary/aromatic N) is 2. The van der Waals surface area contributed by atoms with Crippen LogP contribution in [0.4, 0.5) is 13.2 Å². The van der Waals surface area contributed by atoms with Gasteiger partial charge in [0.25, 0.3) is 5.56 Å². The Morgan fingerprint density at radius 1 is 1.32 bits per heavy atom. The van der Waals surface area contributed by atoms with Crippen LogP contribution in [-0.2, 0) is 19.8 Å². The molecule has 0 amide bonds. The Morgan fingerprint density at radius 2 is 1.89 bits per heavy atom. The van der Waals surface area contributed by atoms with Crippen LogP contribution in [0.25, 0.3) is 0 Å². The molecule has 1 rings (SSSR count). The van der Waals surface area contributed by atoms with E-state index in [1.54, 1.807) is 0 Å². The van der Waals surface area contributed by atoms with Crippen LogP contribution in [0, 0.1) is 0 Å². The van der Waals surface area contributed by atoms with E-state index in [0.717, 1.165) is 16.3 Å². The molecule has 0 aliphatic carbocycles. The summed E-state index contributed by atoms with van der Waals surface area (Å²) in [7, 11) is 2.74. The van der Waals surface area contributed by atoms with Gasteiger partial charge in [-0.3, -0.25) is 13.9 Å². The van der Waals surface area contributed by atoms with E-state index in [9.17, 15) is 22.8 Å². The van der Waals surface area contributed by atoms with Gasteiger partial charge in [0.15, 0.2) is 6.10 Å². The summed E-state index contributed by atoms with van der Waals surface area (Å²) in [5.41, 5.74) is -0.748. The summed E-state index contributed by atoms with van der Waals surface area (Å²) < 4.78 is 38.3. The van der Waals surface area contributed by atoms with E-state index in [-0.39, 0.29) is 5.75 Å². The van der Waals surface area contributed by atoms with E-state index in [1.807, 2.05) is 0 Å². The van der Waals surface area contributed by atoms with Crippen molar-refractivity contribution in [3.63, 3.8) is 0 Å². The molecular formula is C10H13F3N2O3S. The molecule has 5 nitrogen and oxygen atoms in total. The molecule has 0 aromatic carbocycles. The highest BCUT2D eigenvalue weighted by molar-refractivity contribution is 7.98. The second-order valence-electron chi connectivity index (χ2n) is 3.95. The van der Waals surface area contributed by atoms with Crippen molar-refractivity contribution in [2.45, 2.75) is 18.0 Å². The SMILES string of the molecule is Cn1c(CSC[C@@H](O)C(F)(F)F)cc(=O)n(C)c1=O. The molecule has 1 atom stereocenters. The molecule has 0 radical (unpaired) electrons. The maximum absolute atomic E-state index is 12.1. The van der Waals surface area contributed by atoms with Crippen LogP contribution in [-0.4, -0.2) is 32.3 Å². The average molecular weight is 298 g/mol. The van der Waals surface area contributed by atoms with Crippen LogP contribution in [0.15, 0.2) is 15.7 Å². The molecule has 0 spiro atoms. The van der Waals surface area contributed by atoms with Gasteiger partial charge < -0.3 is 5.11 Å². The van der Waals surface area contributed by atoms with E-state index >= 15 is 0 Å². The summed E-state index contributed by atoms with van der Waals surface area (Å²) in [5.74, 6) is -0.512. The van der Waals surface area contributed by atoms with Crippen molar-refractivity contribution in [3.05, 3.63) is 32.6 Å². The van der Waals surface area contributed by atoms with Gasteiger partial charge >= 0.3 is 11.9 Å². The molecule has 1 aromatic heterocycles. The van der Waals surface area contributed by atoms with Gasteiger partial charge in [0.1, 0.15) is 0 Å².